The fourth-order valence-corrected chi connectivity index (χ4v) is 1.43. The number of nitrogens with one attached hydrogen (secondary N) is 1. The molecular weight excluding hydrogens is 208 g/mol. The van der Waals surface area contributed by atoms with E-state index in [2.05, 4.69) is 30.2 Å². The average Bonchev–Trinajstić information content (AvgIpc) is 2.26. The Bertz CT molecular complexity index is 285. The molecule has 0 spiro atoms. The van der Waals surface area contributed by atoms with Crippen LogP contribution >= 0.6 is 0 Å². The van der Waals surface area contributed by atoms with Crippen molar-refractivity contribution in [2.24, 2.45) is 0 Å². The minimum atomic E-state index is 0.742. The summed E-state index contributed by atoms with van der Waals surface area (Å²) in [7, 11) is 0. The van der Waals surface area contributed by atoms with Gasteiger partial charge < -0.3 is 0 Å². The first-order chi connectivity index (χ1) is 8.13. The van der Waals surface area contributed by atoms with E-state index in [1.54, 1.807) is 0 Å². The highest BCUT2D eigenvalue weighted by Crippen LogP contribution is 2.01. The van der Waals surface area contributed by atoms with Crippen molar-refractivity contribution in [2.75, 3.05) is 19.6 Å². The van der Waals surface area contributed by atoms with E-state index in [1.165, 1.54) is 0 Å². The van der Waals surface area contributed by atoms with E-state index < -0.39 is 0 Å². The predicted molar refractivity (Wildman–Crippen MR) is 77.7 cm³/mol. The van der Waals surface area contributed by atoms with Crippen LogP contribution in [0.4, 0.5) is 0 Å². The quantitative estimate of drug-likeness (QED) is 0.373. The van der Waals surface area contributed by atoms with Crippen molar-refractivity contribution in [1.82, 2.24) is 10.4 Å². The Morgan fingerprint density at radius 1 is 1.06 bits per heavy atom. The zero-order valence-electron chi connectivity index (χ0n) is 11.1. The van der Waals surface area contributed by atoms with E-state index in [4.69, 9.17) is 0 Å². The summed E-state index contributed by atoms with van der Waals surface area (Å²) in [6.07, 6.45) is 9.86. The van der Waals surface area contributed by atoms with Crippen molar-refractivity contribution in [3.05, 3.63) is 61.3 Å². The zero-order chi connectivity index (χ0) is 13.1. The van der Waals surface area contributed by atoms with Crippen LogP contribution in [0.15, 0.2) is 61.3 Å². The molecule has 0 aliphatic carbocycles. The van der Waals surface area contributed by atoms with Gasteiger partial charge in [0.25, 0.3) is 0 Å². The Morgan fingerprint density at radius 2 is 1.53 bits per heavy atom. The second kappa shape index (κ2) is 9.82. The summed E-state index contributed by atoms with van der Waals surface area (Å²) in [5, 5.41) is 2.09. The minimum Gasteiger partial charge on any atom is -0.251 e. The Morgan fingerprint density at radius 3 is 1.88 bits per heavy atom. The molecule has 1 N–H and O–H groups in total. The predicted octanol–water partition coefficient (Wildman–Crippen LogP) is 3.24. The van der Waals surface area contributed by atoms with Crippen LogP contribution in [-0.2, 0) is 0 Å². The monoisotopic (exact) mass is 232 g/mol. The second-order valence-corrected chi connectivity index (χ2v) is 3.82. The molecule has 0 aromatic heterocycles. The Kier molecular flexibility index (Phi) is 9.02. The average molecular weight is 232 g/mol. The van der Waals surface area contributed by atoms with Crippen LogP contribution in [0.1, 0.15) is 13.8 Å². The van der Waals surface area contributed by atoms with E-state index in [9.17, 15) is 0 Å². The van der Waals surface area contributed by atoms with Gasteiger partial charge in [-0.3, -0.25) is 5.43 Å². The van der Waals surface area contributed by atoms with Gasteiger partial charge in [0.15, 0.2) is 0 Å². The molecule has 94 valence electrons. The molecule has 0 amide bonds. The van der Waals surface area contributed by atoms with Crippen LogP contribution in [0.3, 0.4) is 0 Å². The first-order valence-electron chi connectivity index (χ1n) is 5.84. The molecule has 0 unspecified atom stereocenters. The normalized spacial score (nSPS) is 11.5. The summed E-state index contributed by atoms with van der Waals surface area (Å²) in [5.74, 6) is 0. The Labute approximate surface area is 106 Å². The van der Waals surface area contributed by atoms with Crippen LogP contribution in [0, 0.1) is 0 Å². The van der Waals surface area contributed by atoms with Crippen LogP contribution < -0.4 is 5.43 Å². The maximum atomic E-state index is 4.00. The minimum absolute atomic E-state index is 0.742. The van der Waals surface area contributed by atoms with E-state index in [0.29, 0.717) is 0 Å². The molecule has 0 saturated heterocycles. The smallest absolute Gasteiger partial charge is 0.0379 e. The van der Waals surface area contributed by atoms with Gasteiger partial charge in [0.05, 0.1) is 0 Å². The van der Waals surface area contributed by atoms with Crippen molar-refractivity contribution in [1.29, 1.82) is 0 Å². The molecule has 0 saturated carbocycles. The van der Waals surface area contributed by atoms with Gasteiger partial charge in [-0.25, -0.2) is 5.01 Å². The van der Waals surface area contributed by atoms with Crippen LogP contribution in [0.2, 0.25) is 0 Å². The molecule has 0 radical (unpaired) electrons. The van der Waals surface area contributed by atoms with Crippen molar-refractivity contribution < 1.29 is 0 Å². The topological polar surface area (TPSA) is 15.3 Å². The molecular formula is C15H24N2. The summed E-state index contributed by atoms with van der Waals surface area (Å²) in [6.45, 7) is 18.0. The molecule has 17 heavy (non-hydrogen) atoms. The van der Waals surface area contributed by atoms with E-state index in [1.807, 2.05) is 44.2 Å². The molecule has 0 heterocycles. The van der Waals surface area contributed by atoms with Crippen molar-refractivity contribution in [3.63, 3.8) is 0 Å². The van der Waals surface area contributed by atoms with Gasteiger partial charge in [0, 0.05) is 19.6 Å². The molecule has 0 bridgehead atoms. The standard InChI is InChI=1S/C15H24N2/c1-6-9-14(4)12-17(16-11-8-3)13-15(5)10-7-2/h6-10,16H,3-5,11-13H2,1-2H3. The summed E-state index contributed by atoms with van der Waals surface area (Å²) < 4.78 is 0. The van der Waals surface area contributed by atoms with E-state index >= 15 is 0 Å². The number of hydrogen-bond donors (Lipinski definition) is 1. The van der Waals surface area contributed by atoms with E-state index in [0.717, 1.165) is 30.8 Å². The molecule has 0 aliphatic heterocycles. The van der Waals surface area contributed by atoms with Gasteiger partial charge in [-0.05, 0) is 25.0 Å². The number of allylic oxidation sites excluding steroid dienone is 2. The van der Waals surface area contributed by atoms with Crippen LogP contribution in [-0.4, -0.2) is 24.6 Å². The summed E-state index contributed by atoms with van der Waals surface area (Å²) >= 11 is 0. The number of nitrogens with zero attached hydrogens (tertiary/aromatic N) is 1. The lowest BCUT2D eigenvalue weighted by Gasteiger charge is -2.23. The third kappa shape index (κ3) is 8.43. The Balaban J connectivity index is 4.36. The highest BCUT2D eigenvalue weighted by molar-refractivity contribution is 5.18. The SMILES string of the molecule is C=CCNN(CC(=C)C=CC)CC(=C)C=CC. The maximum absolute atomic E-state index is 4.00. The highest BCUT2D eigenvalue weighted by Gasteiger charge is 2.04. The first-order valence-corrected chi connectivity index (χ1v) is 5.84. The van der Waals surface area contributed by atoms with Gasteiger partial charge in [-0.1, -0.05) is 43.5 Å². The number of rotatable bonds is 9. The van der Waals surface area contributed by atoms with Gasteiger partial charge in [-0.2, -0.15) is 0 Å². The molecule has 0 aromatic rings. The zero-order valence-corrected chi connectivity index (χ0v) is 11.1. The lowest BCUT2D eigenvalue weighted by atomic mass is 10.2. The maximum Gasteiger partial charge on any atom is 0.0379 e. The van der Waals surface area contributed by atoms with Gasteiger partial charge in [0.1, 0.15) is 0 Å². The van der Waals surface area contributed by atoms with Crippen molar-refractivity contribution >= 4 is 0 Å². The molecule has 2 nitrogen and oxygen atoms in total. The molecule has 0 atom stereocenters. The lowest BCUT2D eigenvalue weighted by molar-refractivity contribution is 0.238. The third-order valence-electron chi connectivity index (χ3n) is 2.05. The third-order valence-corrected chi connectivity index (χ3v) is 2.05. The molecule has 0 rings (SSSR count). The highest BCUT2D eigenvalue weighted by atomic mass is 15.5. The lowest BCUT2D eigenvalue weighted by Crippen LogP contribution is -2.40. The molecule has 0 aromatic carbocycles. The molecule has 2 heteroatoms. The first kappa shape index (κ1) is 15.6. The van der Waals surface area contributed by atoms with E-state index in [-0.39, 0.29) is 0 Å². The summed E-state index contributed by atoms with van der Waals surface area (Å²) in [6, 6.07) is 0. The number of hydrazine groups is 1. The van der Waals surface area contributed by atoms with Crippen LogP contribution in [0.5, 0.6) is 0 Å². The van der Waals surface area contributed by atoms with Gasteiger partial charge >= 0.3 is 0 Å². The largest absolute Gasteiger partial charge is 0.251 e. The number of hydrogen-bond acceptors (Lipinski definition) is 2. The van der Waals surface area contributed by atoms with Gasteiger partial charge in [-0.15, -0.1) is 6.58 Å². The van der Waals surface area contributed by atoms with Crippen molar-refractivity contribution in [3.8, 4) is 0 Å². The molecule has 0 fully saturated rings. The molecule has 0 aliphatic rings. The van der Waals surface area contributed by atoms with Crippen molar-refractivity contribution in [2.45, 2.75) is 13.8 Å². The summed E-state index contributed by atoms with van der Waals surface area (Å²) in [4.78, 5) is 0. The fraction of sp³-hybridized carbons (Fsp3) is 0.333. The second-order valence-electron chi connectivity index (χ2n) is 3.82. The van der Waals surface area contributed by atoms with Gasteiger partial charge in [0.2, 0.25) is 0 Å². The van der Waals surface area contributed by atoms with Crippen LogP contribution in [0.25, 0.3) is 0 Å². The summed E-state index contributed by atoms with van der Waals surface area (Å²) in [5.41, 5.74) is 5.41. The Hall–Kier alpha value is -1.38. The fourth-order valence-electron chi connectivity index (χ4n) is 1.43.